The van der Waals surface area contributed by atoms with E-state index in [-0.39, 0.29) is 29.6 Å². The van der Waals surface area contributed by atoms with Crippen LogP contribution in [-0.4, -0.2) is 52.5 Å². The van der Waals surface area contributed by atoms with E-state index in [0.29, 0.717) is 18.8 Å². The number of benzene rings is 1. The number of piperidine rings is 1. The van der Waals surface area contributed by atoms with Crippen molar-refractivity contribution in [2.45, 2.75) is 25.4 Å². The Morgan fingerprint density at radius 3 is 2.65 bits per heavy atom. The summed E-state index contributed by atoms with van der Waals surface area (Å²) in [5.41, 5.74) is 0.545. The van der Waals surface area contributed by atoms with Crippen molar-refractivity contribution >= 4 is 28.9 Å². The van der Waals surface area contributed by atoms with E-state index in [9.17, 15) is 20.0 Å². The summed E-state index contributed by atoms with van der Waals surface area (Å²) in [5, 5.41) is 23.4. The Bertz CT molecular complexity index is 576. The molecular formula is C15H20ClN3O4. The Morgan fingerprint density at radius 2 is 2.04 bits per heavy atom. The third kappa shape index (κ3) is 4.80. The molecule has 1 amide bonds. The zero-order valence-corrected chi connectivity index (χ0v) is 13.5. The lowest BCUT2D eigenvalue weighted by atomic mass is 10.1. The number of aliphatic hydroxyl groups is 1. The van der Waals surface area contributed by atoms with E-state index >= 15 is 0 Å². The summed E-state index contributed by atoms with van der Waals surface area (Å²) in [7, 11) is 0. The molecule has 1 aliphatic heterocycles. The minimum absolute atomic E-state index is 0.0570. The van der Waals surface area contributed by atoms with Gasteiger partial charge in [-0.25, -0.2) is 0 Å². The van der Waals surface area contributed by atoms with Crippen LogP contribution >= 0.6 is 11.6 Å². The highest BCUT2D eigenvalue weighted by molar-refractivity contribution is 6.18. The maximum Gasteiger partial charge on any atom is 0.272 e. The van der Waals surface area contributed by atoms with Gasteiger partial charge in [-0.2, -0.15) is 0 Å². The molecule has 0 saturated carbocycles. The van der Waals surface area contributed by atoms with E-state index in [0.717, 1.165) is 19.3 Å². The number of aliphatic hydroxyl groups excluding tert-OH is 1. The number of carbonyl (C=O) groups is 1. The number of likely N-dealkylation sites (tertiary alicyclic amines) is 1. The second-order valence-corrected chi connectivity index (χ2v) is 5.88. The van der Waals surface area contributed by atoms with Crippen molar-refractivity contribution in [1.82, 2.24) is 4.90 Å². The molecule has 2 N–H and O–H groups in total. The number of halogens is 1. The van der Waals surface area contributed by atoms with Gasteiger partial charge in [0.15, 0.2) is 0 Å². The van der Waals surface area contributed by atoms with Crippen LogP contribution in [0.15, 0.2) is 18.2 Å². The lowest BCUT2D eigenvalue weighted by Crippen LogP contribution is -2.35. The molecule has 1 fully saturated rings. The highest BCUT2D eigenvalue weighted by Crippen LogP contribution is 2.23. The van der Waals surface area contributed by atoms with Gasteiger partial charge in [0.1, 0.15) is 0 Å². The average molecular weight is 342 g/mol. The van der Waals surface area contributed by atoms with Gasteiger partial charge in [0.25, 0.3) is 11.6 Å². The topological polar surface area (TPSA) is 95.7 Å². The number of hydrogen-bond donors (Lipinski definition) is 2. The Morgan fingerprint density at radius 1 is 1.35 bits per heavy atom. The highest BCUT2D eigenvalue weighted by atomic mass is 35.5. The highest BCUT2D eigenvalue weighted by Gasteiger charge is 2.21. The summed E-state index contributed by atoms with van der Waals surface area (Å²) in [6, 6.07) is 4.21. The molecule has 1 atom stereocenters. The number of alkyl halides is 1. The van der Waals surface area contributed by atoms with Crippen molar-refractivity contribution in [3.8, 4) is 0 Å². The van der Waals surface area contributed by atoms with Crippen LogP contribution < -0.4 is 5.32 Å². The van der Waals surface area contributed by atoms with Crippen LogP contribution in [-0.2, 0) is 0 Å². The predicted octanol–water partition coefficient (Wildman–Crippen LogP) is 2.23. The normalized spacial score (nSPS) is 16.0. The van der Waals surface area contributed by atoms with Crippen LogP contribution in [0, 0.1) is 10.1 Å². The first kappa shape index (κ1) is 17.5. The number of amides is 1. The molecule has 0 aliphatic carbocycles. The number of hydrogen-bond acceptors (Lipinski definition) is 5. The lowest BCUT2D eigenvalue weighted by Gasteiger charge is -2.26. The van der Waals surface area contributed by atoms with Crippen molar-refractivity contribution in [2.24, 2.45) is 0 Å². The number of nitro groups is 1. The second-order valence-electron chi connectivity index (χ2n) is 5.57. The zero-order valence-electron chi connectivity index (χ0n) is 12.7. The summed E-state index contributed by atoms with van der Waals surface area (Å²) < 4.78 is 0. The van der Waals surface area contributed by atoms with E-state index in [1.807, 2.05) is 0 Å². The molecule has 0 bridgehead atoms. The van der Waals surface area contributed by atoms with E-state index in [2.05, 4.69) is 5.32 Å². The molecule has 1 aromatic carbocycles. The van der Waals surface area contributed by atoms with Crippen LogP contribution in [0.25, 0.3) is 0 Å². The molecule has 8 heteroatoms. The summed E-state index contributed by atoms with van der Waals surface area (Å²) in [4.78, 5) is 24.8. The maximum absolute atomic E-state index is 12.5. The molecule has 1 unspecified atom stereocenters. The summed E-state index contributed by atoms with van der Waals surface area (Å²) in [6.45, 7) is 1.51. The van der Waals surface area contributed by atoms with Crippen LogP contribution in [0.4, 0.5) is 11.4 Å². The van der Waals surface area contributed by atoms with Gasteiger partial charge in [-0.1, -0.05) is 0 Å². The zero-order chi connectivity index (χ0) is 16.8. The van der Waals surface area contributed by atoms with Gasteiger partial charge < -0.3 is 15.3 Å². The van der Waals surface area contributed by atoms with Crippen LogP contribution in [0.3, 0.4) is 0 Å². The first-order chi connectivity index (χ1) is 11.0. The molecule has 1 saturated heterocycles. The Kier molecular flexibility index (Phi) is 6.18. The second kappa shape index (κ2) is 8.12. The lowest BCUT2D eigenvalue weighted by molar-refractivity contribution is -0.384. The van der Waals surface area contributed by atoms with Gasteiger partial charge in [0.05, 0.1) is 16.9 Å². The fraction of sp³-hybridized carbons (Fsp3) is 0.533. The van der Waals surface area contributed by atoms with Crippen molar-refractivity contribution in [3.63, 3.8) is 0 Å². The number of nitrogens with one attached hydrogen (secondary N) is 1. The number of rotatable bonds is 6. The monoisotopic (exact) mass is 341 g/mol. The number of carbonyl (C=O) groups excluding carboxylic acids is 1. The molecule has 0 radical (unpaired) electrons. The largest absolute Gasteiger partial charge is 0.390 e. The molecule has 0 aromatic heterocycles. The van der Waals surface area contributed by atoms with E-state index in [4.69, 9.17) is 11.6 Å². The Hall–Kier alpha value is -1.86. The standard InChI is InChI=1S/C15H20ClN3O4/c16-9-14(20)10-17-12-6-11(7-13(8-12)19(22)23)15(21)18-4-2-1-3-5-18/h6-8,14,17,20H,1-5,9-10H2. The molecular weight excluding hydrogens is 322 g/mol. The quantitative estimate of drug-likeness (QED) is 0.470. The Balaban J connectivity index is 2.21. The molecule has 0 spiro atoms. The molecule has 126 valence electrons. The van der Waals surface area contributed by atoms with E-state index in [1.54, 1.807) is 11.0 Å². The van der Waals surface area contributed by atoms with Gasteiger partial charge >= 0.3 is 0 Å². The number of nitro benzene ring substituents is 1. The third-order valence-electron chi connectivity index (χ3n) is 3.74. The van der Waals surface area contributed by atoms with Crippen molar-refractivity contribution in [3.05, 3.63) is 33.9 Å². The third-order valence-corrected chi connectivity index (χ3v) is 4.09. The SMILES string of the molecule is O=C(c1cc(NCC(O)CCl)cc([N+](=O)[O-])c1)N1CCCCC1. The first-order valence-electron chi connectivity index (χ1n) is 7.58. The predicted molar refractivity (Wildman–Crippen MR) is 88.1 cm³/mol. The molecule has 2 rings (SSSR count). The maximum atomic E-state index is 12.5. The summed E-state index contributed by atoms with van der Waals surface area (Å²) in [6.07, 6.45) is 2.24. The average Bonchev–Trinajstić information content (AvgIpc) is 2.59. The van der Waals surface area contributed by atoms with Gasteiger partial charge in [-0.05, 0) is 25.3 Å². The number of non-ortho nitro benzene ring substituents is 1. The molecule has 7 nitrogen and oxygen atoms in total. The number of nitrogens with zero attached hydrogens (tertiary/aromatic N) is 2. The van der Waals surface area contributed by atoms with Crippen LogP contribution in [0.5, 0.6) is 0 Å². The fourth-order valence-corrected chi connectivity index (χ4v) is 2.62. The van der Waals surface area contributed by atoms with Crippen molar-refractivity contribution in [2.75, 3.05) is 30.8 Å². The molecule has 1 aliphatic rings. The summed E-state index contributed by atoms with van der Waals surface area (Å²) >= 11 is 5.52. The first-order valence-corrected chi connectivity index (χ1v) is 8.11. The van der Waals surface area contributed by atoms with E-state index < -0.39 is 11.0 Å². The Labute approximate surface area is 139 Å². The smallest absolute Gasteiger partial charge is 0.272 e. The van der Waals surface area contributed by atoms with Crippen molar-refractivity contribution < 1.29 is 14.8 Å². The van der Waals surface area contributed by atoms with E-state index in [1.165, 1.54) is 12.1 Å². The van der Waals surface area contributed by atoms with Crippen LogP contribution in [0.2, 0.25) is 0 Å². The number of anilines is 1. The molecule has 1 aromatic rings. The van der Waals surface area contributed by atoms with Gasteiger partial charge in [-0.3, -0.25) is 14.9 Å². The molecule has 1 heterocycles. The minimum Gasteiger partial charge on any atom is -0.390 e. The van der Waals surface area contributed by atoms with Gasteiger partial charge in [0, 0.05) is 43.0 Å². The summed E-state index contributed by atoms with van der Waals surface area (Å²) in [5.74, 6) is -0.143. The van der Waals surface area contributed by atoms with Gasteiger partial charge in [0.2, 0.25) is 0 Å². The fourth-order valence-electron chi connectivity index (χ4n) is 2.51. The van der Waals surface area contributed by atoms with Crippen molar-refractivity contribution in [1.29, 1.82) is 0 Å². The minimum atomic E-state index is -0.767. The van der Waals surface area contributed by atoms with Gasteiger partial charge in [-0.15, -0.1) is 11.6 Å². The van der Waals surface area contributed by atoms with Crippen LogP contribution in [0.1, 0.15) is 29.6 Å². The molecule has 23 heavy (non-hydrogen) atoms.